The number of amides is 2. The molecule has 0 heterocycles. The Bertz CT molecular complexity index is 1060. The lowest BCUT2D eigenvalue weighted by molar-refractivity contribution is -0.139. The molecule has 7 nitrogen and oxygen atoms in total. The van der Waals surface area contributed by atoms with Crippen molar-refractivity contribution in [1.29, 1.82) is 0 Å². The third-order valence-corrected chi connectivity index (χ3v) is 6.83. The van der Waals surface area contributed by atoms with E-state index in [-0.39, 0.29) is 18.4 Å². The maximum atomic E-state index is 13.4. The van der Waals surface area contributed by atoms with Gasteiger partial charge >= 0.3 is 0 Å². The summed E-state index contributed by atoms with van der Waals surface area (Å²) >= 11 is 9.31. The SMILES string of the molecule is CC(C)CNC(=O)[C@H](C)N(Cc1ccc(Br)cc1)C(=O)CN(c1ccc(Cl)cc1)S(C)(=O)=O. The van der Waals surface area contributed by atoms with Crippen LogP contribution in [0.1, 0.15) is 26.3 Å². The summed E-state index contributed by atoms with van der Waals surface area (Å²) in [6.07, 6.45) is 1.03. The minimum atomic E-state index is -3.77. The molecule has 0 saturated heterocycles. The Morgan fingerprint density at radius 3 is 2.12 bits per heavy atom. The predicted molar refractivity (Wildman–Crippen MR) is 136 cm³/mol. The van der Waals surface area contributed by atoms with E-state index in [0.29, 0.717) is 17.3 Å². The van der Waals surface area contributed by atoms with Crippen molar-refractivity contribution in [1.82, 2.24) is 10.2 Å². The zero-order valence-corrected chi connectivity index (χ0v) is 22.2. The van der Waals surface area contributed by atoms with E-state index in [1.54, 1.807) is 19.1 Å². The van der Waals surface area contributed by atoms with Gasteiger partial charge in [0.2, 0.25) is 21.8 Å². The summed E-state index contributed by atoms with van der Waals surface area (Å²) in [5.74, 6) is -0.542. The van der Waals surface area contributed by atoms with Crippen LogP contribution in [0, 0.1) is 5.92 Å². The van der Waals surface area contributed by atoms with Crippen molar-refractivity contribution in [2.75, 3.05) is 23.7 Å². The molecule has 0 spiro atoms. The summed E-state index contributed by atoms with van der Waals surface area (Å²) in [6.45, 7) is 5.78. The quantitative estimate of drug-likeness (QED) is 0.477. The number of carbonyl (C=O) groups is 2. The van der Waals surface area contributed by atoms with Crippen LogP contribution in [-0.2, 0) is 26.2 Å². The smallest absolute Gasteiger partial charge is 0.244 e. The van der Waals surface area contributed by atoms with Gasteiger partial charge in [-0.3, -0.25) is 13.9 Å². The fraction of sp³-hybridized carbons (Fsp3) is 0.391. The van der Waals surface area contributed by atoms with E-state index in [4.69, 9.17) is 11.6 Å². The molecule has 0 aliphatic rings. The van der Waals surface area contributed by atoms with Gasteiger partial charge in [-0.15, -0.1) is 0 Å². The lowest BCUT2D eigenvalue weighted by Gasteiger charge is -2.31. The maximum Gasteiger partial charge on any atom is 0.244 e. The highest BCUT2D eigenvalue weighted by atomic mass is 79.9. The van der Waals surface area contributed by atoms with Gasteiger partial charge in [-0.05, 0) is 54.8 Å². The van der Waals surface area contributed by atoms with Gasteiger partial charge in [-0.1, -0.05) is 53.5 Å². The highest BCUT2D eigenvalue weighted by molar-refractivity contribution is 9.10. The van der Waals surface area contributed by atoms with Crippen LogP contribution in [0.25, 0.3) is 0 Å². The van der Waals surface area contributed by atoms with Gasteiger partial charge in [0.1, 0.15) is 12.6 Å². The van der Waals surface area contributed by atoms with Crippen LogP contribution in [0.5, 0.6) is 0 Å². The summed E-state index contributed by atoms with van der Waals surface area (Å²) in [5.41, 5.74) is 1.13. The first-order valence-electron chi connectivity index (χ1n) is 10.4. The molecule has 180 valence electrons. The van der Waals surface area contributed by atoms with Gasteiger partial charge in [0, 0.05) is 22.6 Å². The van der Waals surface area contributed by atoms with Crippen molar-refractivity contribution in [2.24, 2.45) is 5.92 Å². The molecule has 2 amide bonds. The normalized spacial score (nSPS) is 12.3. The van der Waals surface area contributed by atoms with E-state index in [0.717, 1.165) is 20.6 Å². The topological polar surface area (TPSA) is 86.8 Å². The molecule has 1 atom stereocenters. The van der Waals surface area contributed by atoms with Crippen molar-refractivity contribution >= 4 is 55.1 Å². The molecule has 0 radical (unpaired) electrons. The van der Waals surface area contributed by atoms with Crippen molar-refractivity contribution in [3.8, 4) is 0 Å². The van der Waals surface area contributed by atoms with Gasteiger partial charge in [-0.2, -0.15) is 0 Å². The summed E-state index contributed by atoms with van der Waals surface area (Å²) in [5, 5.41) is 3.30. The summed E-state index contributed by atoms with van der Waals surface area (Å²) in [4.78, 5) is 27.6. The molecule has 2 rings (SSSR count). The van der Waals surface area contributed by atoms with Crippen LogP contribution in [0.2, 0.25) is 5.02 Å². The molecular formula is C23H29BrClN3O4S. The van der Waals surface area contributed by atoms with Crippen LogP contribution in [0.15, 0.2) is 53.0 Å². The highest BCUT2D eigenvalue weighted by Gasteiger charge is 2.30. The molecule has 2 aromatic rings. The van der Waals surface area contributed by atoms with E-state index in [9.17, 15) is 18.0 Å². The second kappa shape index (κ2) is 11.9. The largest absolute Gasteiger partial charge is 0.354 e. The minimum absolute atomic E-state index is 0.153. The number of benzene rings is 2. The van der Waals surface area contributed by atoms with Gasteiger partial charge < -0.3 is 10.2 Å². The number of nitrogens with one attached hydrogen (secondary N) is 1. The first kappa shape index (κ1) is 27.1. The van der Waals surface area contributed by atoms with Crippen LogP contribution >= 0.6 is 27.5 Å². The maximum absolute atomic E-state index is 13.4. The first-order valence-corrected chi connectivity index (χ1v) is 13.4. The first-order chi connectivity index (χ1) is 15.4. The lowest BCUT2D eigenvalue weighted by atomic mass is 10.1. The van der Waals surface area contributed by atoms with E-state index >= 15 is 0 Å². The molecule has 0 aliphatic heterocycles. The average molecular weight is 559 g/mol. The molecule has 0 unspecified atom stereocenters. The zero-order valence-electron chi connectivity index (χ0n) is 19.1. The summed E-state index contributed by atoms with van der Waals surface area (Å²) in [6, 6.07) is 12.8. The number of anilines is 1. The second-order valence-electron chi connectivity index (χ2n) is 8.21. The molecule has 0 aliphatic carbocycles. The van der Waals surface area contributed by atoms with Crippen molar-refractivity contribution in [2.45, 2.75) is 33.4 Å². The minimum Gasteiger partial charge on any atom is -0.354 e. The molecule has 2 aromatic carbocycles. The Labute approximate surface area is 209 Å². The Morgan fingerprint density at radius 1 is 1.03 bits per heavy atom. The number of halogens is 2. The van der Waals surface area contributed by atoms with Crippen LogP contribution in [-0.4, -0.2) is 50.5 Å². The van der Waals surface area contributed by atoms with E-state index in [1.807, 2.05) is 38.1 Å². The zero-order chi connectivity index (χ0) is 24.8. The molecule has 10 heteroatoms. The van der Waals surface area contributed by atoms with Crippen LogP contribution < -0.4 is 9.62 Å². The highest BCUT2D eigenvalue weighted by Crippen LogP contribution is 2.21. The number of hydrogen-bond donors (Lipinski definition) is 1. The van der Waals surface area contributed by atoms with Gasteiger partial charge in [0.25, 0.3) is 0 Å². The van der Waals surface area contributed by atoms with Gasteiger partial charge in [0.05, 0.1) is 11.9 Å². The lowest BCUT2D eigenvalue weighted by Crippen LogP contribution is -2.51. The summed E-state index contributed by atoms with van der Waals surface area (Å²) < 4.78 is 26.9. The van der Waals surface area contributed by atoms with Crippen molar-refractivity contribution in [3.63, 3.8) is 0 Å². The van der Waals surface area contributed by atoms with Crippen LogP contribution in [0.4, 0.5) is 5.69 Å². The number of rotatable bonds is 10. The third kappa shape index (κ3) is 8.32. The number of nitrogens with zero attached hydrogens (tertiary/aromatic N) is 2. The third-order valence-electron chi connectivity index (χ3n) is 4.91. The Hall–Kier alpha value is -2.10. The fourth-order valence-corrected chi connectivity index (χ4v) is 4.28. The Kier molecular flexibility index (Phi) is 9.75. The number of carbonyl (C=O) groups excluding carboxylic acids is 2. The number of hydrogen-bond acceptors (Lipinski definition) is 4. The monoisotopic (exact) mass is 557 g/mol. The predicted octanol–water partition coefficient (Wildman–Crippen LogP) is 4.06. The standard InChI is InChI=1S/C23H29BrClN3O4S/c1-16(2)13-26-23(30)17(3)27(14-18-5-7-19(24)8-6-18)22(29)15-28(33(4,31)32)21-11-9-20(25)10-12-21/h5-12,16-17H,13-15H2,1-4H3,(H,26,30)/t17-/m0/s1. The van der Waals surface area contributed by atoms with Gasteiger partial charge in [0.15, 0.2) is 0 Å². The molecule has 1 N–H and O–H groups in total. The summed E-state index contributed by atoms with van der Waals surface area (Å²) in [7, 11) is -3.77. The van der Waals surface area contributed by atoms with E-state index in [2.05, 4.69) is 21.2 Å². The Balaban J connectivity index is 2.34. The average Bonchev–Trinajstić information content (AvgIpc) is 2.74. The molecule has 33 heavy (non-hydrogen) atoms. The van der Waals surface area contributed by atoms with Crippen molar-refractivity contribution in [3.05, 3.63) is 63.6 Å². The van der Waals surface area contributed by atoms with Crippen LogP contribution in [0.3, 0.4) is 0 Å². The van der Waals surface area contributed by atoms with Gasteiger partial charge in [-0.25, -0.2) is 8.42 Å². The van der Waals surface area contributed by atoms with Crippen molar-refractivity contribution < 1.29 is 18.0 Å². The molecule has 0 aromatic heterocycles. The molecule has 0 bridgehead atoms. The molecule has 0 fully saturated rings. The fourth-order valence-electron chi connectivity index (χ4n) is 3.04. The number of sulfonamides is 1. The second-order valence-corrected chi connectivity index (χ2v) is 11.5. The molecular weight excluding hydrogens is 530 g/mol. The van der Waals surface area contributed by atoms with E-state index < -0.39 is 28.5 Å². The molecule has 0 saturated carbocycles. The van der Waals surface area contributed by atoms with E-state index in [1.165, 1.54) is 17.0 Å². The Morgan fingerprint density at radius 2 is 1.61 bits per heavy atom.